The van der Waals surface area contributed by atoms with Crippen molar-refractivity contribution in [1.29, 1.82) is 0 Å². The SMILES string of the molecule is O=C1C(=O)N(Cc2cccnc2)[C@@H](c2ccco2)C1=C(O)c1ccc2c(c1)OCCO2. The summed E-state index contributed by atoms with van der Waals surface area (Å²) < 4.78 is 16.6. The lowest BCUT2D eigenvalue weighted by Gasteiger charge is -2.23. The van der Waals surface area contributed by atoms with E-state index in [0.29, 0.717) is 36.0 Å². The van der Waals surface area contributed by atoms with Gasteiger partial charge in [-0.05, 0) is 42.0 Å². The van der Waals surface area contributed by atoms with Crippen LogP contribution in [-0.2, 0) is 16.1 Å². The molecule has 31 heavy (non-hydrogen) atoms. The van der Waals surface area contributed by atoms with Crippen molar-refractivity contribution in [3.63, 3.8) is 0 Å². The summed E-state index contributed by atoms with van der Waals surface area (Å²) in [5.41, 5.74) is 1.06. The zero-order chi connectivity index (χ0) is 21.4. The highest BCUT2D eigenvalue weighted by Gasteiger charge is 2.47. The number of carbonyl (C=O) groups excluding carboxylic acids is 2. The van der Waals surface area contributed by atoms with E-state index in [1.165, 1.54) is 11.2 Å². The fourth-order valence-electron chi connectivity index (χ4n) is 3.82. The van der Waals surface area contributed by atoms with Gasteiger partial charge in [0, 0.05) is 24.5 Å². The van der Waals surface area contributed by atoms with Crippen molar-refractivity contribution >= 4 is 17.4 Å². The molecule has 2 aliphatic rings. The smallest absolute Gasteiger partial charge is 0.296 e. The van der Waals surface area contributed by atoms with Gasteiger partial charge in [0.15, 0.2) is 11.5 Å². The normalized spacial score (nSPS) is 19.6. The average molecular weight is 418 g/mol. The molecule has 1 aromatic carbocycles. The van der Waals surface area contributed by atoms with E-state index in [0.717, 1.165) is 5.56 Å². The number of nitrogens with zero attached hydrogens (tertiary/aromatic N) is 2. The number of aliphatic hydroxyl groups excluding tert-OH is 1. The van der Waals surface area contributed by atoms with Gasteiger partial charge in [0.05, 0.1) is 11.8 Å². The molecule has 156 valence electrons. The first kappa shape index (κ1) is 18.9. The van der Waals surface area contributed by atoms with Crippen molar-refractivity contribution < 1.29 is 28.6 Å². The molecule has 0 radical (unpaired) electrons. The van der Waals surface area contributed by atoms with Crippen LogP contribution in [0.4, 0.5) is 0 Å². The second-order valence-corrected chi connectivity index (χ2v) is 7.16. The summed E-state index contributed by atoms with van der Waals surface area (Å²) in [7, 11) is 0. The molecule has 1 amide bonds. The van der Waals surface area contributed by atoms with Gasteiger partial charge in [-0.1, -0.05) is 6.07 Å². The van der Waals surface area contributed by atoms with Crippen LogP contribution < -0.4 is 9.47 Å². The first-order chi connectivity index (χ1) is 15.1. The quantitative estimate of drug-likeness (QED) is 0.395. The molecule has 8 heteroatoms. The van der Waals surface area contributed by atoms with Crippen LogP contribution in [0.15, 0.2) is 71.1 Å². The van der Waals surface area contributed by atoms with Crippen molar-refractivity contribution in [3.8, 4) is 11.5 Å². The molecule has 0 aliphatic carbocycles. The van der Waals surface area contributed by atoms with E-state index in [1.807, 2.05) is 6.07 Å². The van der Waals surface area contributed by atoms with Gasteiger partial charge < -0.3 is 23.9 Å². The predicted molar refractivity (Wildman–Crippen MR) is 108 cm³/mol. The summed E-state index contributed by atoms with van der Waals surface area (Å²) in [5, 5.41) is 11.1. The molecule has 1 atom stereocenters. The Balaban J connectivity index is 1.60. The minimum Gasteiger partial charge on any atom is -0.507 e. The Kier molecular flexibility index (Phi) is 4.66. The van der Waals surface area contributed by atoms with E-state index in [1.54, 1.807) is 48.8 Å². The first-order valence-corrected chi connectivity index (χ1v) is 9.74. The number of hydrogen-bond donors (Lipinski definition) is 1. The Hall–Kier alpha value is -4.07. The maximum Gasteiger partial charge on any atom is 0.296 e. The molecule has 1 saturated heterocycles. The van der Waals surface area contributed by atoms with Crippen LogP contribution in [0, 0.1) is 0 Å². The molecule has 1 fully saturated rings. The lowest BCUT2D eigenvalue weighted by atomic mass is 9.99. The van der Waals surface area contributed by atoms with Gasteiger partial charge in [-0.3, -0.25) is 14.6 Å². The number of fused-ring (bicyclic) bond motifs is 1. The molecule has 2 aliphatic heterocycles. The van der Waals surface area contributed by atoms with Gasteiger partial charge in [0.1, 0.15) is 30.8 Å². The summed E-state index contributed by atoms with van der Waals surface area (Å²) in [6.45, 7) is 0.969. The summed E-state index contributed by atoms with van der Waals surface area (Å²) >= 11 is 0. The number of ketones is 1. The Bertz CT molecular complexity index is 1170. The summed E-state index contributed by atoms with van der Waals surface area (Å²) in [6.07, 6.45) is 4.71. The van der Waals surface area contributed by atoms with Crippen LogP contribution in [-0.4, -0.2) is 39.9 Å². The first-order valence-electron chi connectivity index (χ1n) is 9.74. The predicted octanol–water partition coefficient (Wildman–Crippen LogP) is 3.07. The number of furan rings is 1. The molecule has 1 N–H and O–H groups in total. The number of aromatic nitrogens is 1. The van der Waals surface area contributed by atoms with E-state index in [9.17, 15) is 14.7 Å². The van der Waals surface area contributed by atoms with Crippen molar-refractivity contribution in [1.82, 2.24) is 9.88 Å². The number of Topliss-reactive ketones (excluding diaryl/α,β-unsaturated/α-hetero) is 1. The minimum atomic E-state index is -0.872. The standard InChI is InChI=1S/C23H18N2O6/c26-21(15-5-6-16-18(11-15)31-10-9-30-16)19-20(17-4-2-8-29-17)25(23(28)22(19)27)13-14-3-1-7-24-12-14/h1-8,11-12,20,26H,9-10,13H2/t20-/m0/s1. The monoisotopic (exact) mass is 418 g/mol. The minimum absolute atomic E-state index is 0.0412. The number of benzene rings is 1. The fourth-order valence-corrected chi connectivity index (χ4v) is 3.82. The number of hydrogen-bond acceptors (Lipinski definition) is 7. The van der Waals surface area contributed by atoms with Crippen LogP contribution in [0.2, 0.25) is 0 Å². The third-order valence-corrected chi connectivity index (χ3v) is 5.24. The van der Waals surface area contributed by atoms with E-state index < -0.39 is 17.7 Å². The van der Waals surface area contributed by atoms with E-state index in [4.69, 9.17) is 13.9 Å². The number of pyridine rings is 1. The molecular weight excluding hydrogens is 400 g/mol. The molecule has 8 nitrogen and oxygen atoms in total. The van der Waals surface area contributed by atoms with Crippen molar-refractivity contribution in [2.24, 2.45) is 0 Å². The van der Waals surface area contributed by atoms with Crippen LogP contribution in [0.3, 0.4) is 0 Å². The molecule has 3 aromatic rings. The van der Waals surface area contributed by atoms with E-state index in [2.05, 4.69) is 4.98 Å². The third-order valence-electron chi connectivity index (χ3n) is 5.24. The van der Waals surface area contributed by atoms with Gasteiger partial charge in [-0.25, -0.2) is 0 Å². The van der Waals surface area contributed by atoms with E-state index in [-0.39, 0.29) is 17.9 Å². The lowest BCUT2D eigenvalue weighted by Crippen LogP contribution is -2.29. The summed E-state index contributed by atoms with van der Waals surface area (Å²) in [4.78, 5) is 31.4. The van der Waals surface area contributed by atoms with Crippen molar-refractivity contribution in [3.05, 3.63) is 83.6 Å². The molecule has 0 saturated carbocycles. The molecule has 0 spiro atoms. The van der Waals surface area contributed by atoms with Crippen LogP contribution >= 0.6 is 0 Å². The highest BCUT2D eigenvalue weighted by atomic mass is 16.6. The molecule has 0 bridgehead atoms. The number of ether oxygens (including phenoxy) is 2. The maximum atomic E-state index is 13.0. The van der Waals surface area contributed by atoms with Gasteiger partial charge in [0.25, 0.3) is 11.7 Å². The zero-order valence-electron chi connectivity index (χ0n) is 16.4. The maximum absolute atomic E-state index is 13.0. The molecule has 0 unspecified atom stereocenters. The number of amides is 1. The van der Waals surface area contributed by atoms with Crippen LogP contribution in [0.25, 0.3) is 5.76 Å². The Morgan fingerprint density at radius 2 is 1.94 bits per heavy atom. The zero-order valence-corrected chi connectivity index (χ0v) is 16.4. The number of rotatable bonds is 4. The van der Waals surface area contributed by atoms with Gasteiger partial charge >= 0.3 is 0 Å². The van der Waals surface area contributed by atoms with Crippen LogP contribution in [0.5, 0.6) is 11.5 Å². The van der Waals surface area contributed by atoms with Gasteiger partial charge in [0.2, 0.25) is 0 Å². The van der Waals surface area contributed by atoms with Crippen molar-refractivity contribution in [2.45, 2.75) is 12.6 Å². The lowest BCUT2D eigenvalue weighted by molar-refractivity contribution is -0.140. The second-order valence-electron chi connectivity index (χ2n) is 7.16. The molecule has 4 heterocycles. The summed E-state index contributed by atoms with van der Waals surface area (Å²) in [6, 6.07) is 10.9. The second kappa shape index (κ2) is 7.64. The highest BCUT2D eigenvalue weighted by Crippen LogP contribution is 2.41. The number of aliphatic hydroxyl groups is 1. The average Bonchev–Trinajstić information content (AvgIpc) is 3.42. The van der Waals surface area contributed by atoms with Gasteiger partial charge in [-0.15, -0.1) is 0 Å². The molecular formula is C23H18N2O6. The largest absolute Gasteiger partial charge is 0.507 e. The summed E-state index contributed by atoms with van der Waals surface area (Å²) in [5.74, 6) is -0.397. The number of carbonyl (C=O) groups is 2. The highest BCUT2D eigenvalue weighted by molar-refractivity contribution is 6.46. The topological polar surface area (TPSA) is 102 Å². The van der Waals surface area contributed by atoms with E-state index >= 15 is 0 Å². The Labute approximate surface area is 177 Å². The van der Waals surface area contributed by atoms with Gasteiger partial charge in [-0.2, -0.15) is 0 Å². The third kappa shape index (κ3) is 3.31. The van der Waals surface area contributed by atoms with Crippen molar-refractivity contribution in [2.75, 3.05) is 13.2 Å². The molecule has 2 aromatic heterocycles. The van der Waals surface area contributed by atoms with Crippen LogP contribution in [0.1, 0.15) is 22.9 Å². The Morgan fingerprint density at radius 1 is 1.10 bits per heavy atom. The Morgan fingerprint density at radius 3 is 2.68 bits per heavy atom. The fraction of sp³-hybridized carbons (Fsp3) is 0.174. The molecule has 5 rings (SSSR count). The number of likely N-dealkylation sites (tertiary alicyclic amines) is 1.